The molecule has 2 N–H and O–H groups in total. The van der Waals surface area contributed by atoms with Crippen molar-refractivity contribution in [2.45, 2.75) is 39.3 Å². The molecule has 0 fully saturated rings. The summed E-state index contributed by atoms with van der Waals surface area (Å²) in [5.74, 6) is -1.12. The maximum absolute atomic E-state index is 11.2. The molecule has 0 aliphatic heterocycles. The van der Waals surface area contributed by atoms with Gasteiger partial charge in [-0.25, -0.2) is 9.78 Å². The molecule has 0 amide bonds. The molecule has 0 spiro atoms. The summed E-state index contributed by atoms with van der Waals surface area (Å²) < 4.78 is 5.29. The number of rotatable bonds is 7. The first-order valence-corrected chi connectivity index (χ1v) is 7.26. The molecule has 0 aliphatic rings. The number of nitrogens with one attached hydrogen (secondary N) is 1. The van der Waals surface area contributed by atoms with E-state index >= 15 is 0 Å². The Morgan fingerprint density at radius 1 is 1.50 bits per heavy atom. The standard InChI is InChI=1S/C13H20N2O4S/c1-7(2)9(14-4)5-11(19-8(3)16)12-15-10(6-20-12)13(17)18/h6-7,9,11,14H,5H2,1-4H3,(H,17,18)/t9-,11-/m1/s1. The Labute approximate surface area is 122 Å². The van der Waals surface area contributed by atoms with E-state index < -0.39 is 18.0 Å². The summed E-state index contributed by atoms with van der Waals surface area (Å²) in [6.45, 7) is 5.47. The van der Waals surface area contributed by atoms with Crippen LogP contribution in [0.3, 0.4) is 0 Å². The van der Waals surface area contributed by atoms with Crippen molar-refractivity contribution in [3.63, 3.8) is 0 Å². The summed E-state index contributed by atoms with van der Waals surface area (Å²) >= 11 is 1.20. The van der Waals surface area contributed by atoms with Crippen LogP contribution in [-0.4, -0.2) is 35.1 Å². The number of thiazole rings is 1. The molecular weight excluding hydrogens is 280 g/mol. The molecule has 0 saturated heterocycles. The quantitative estimate of drug-likeness (QED) is 0.750. The number of ether oxygens (including phenoxy) is 1. The van der Waals surface area contributed by atoms with E-state index in [9.17, 15) is 9.59 Å². The van der Waals surface area contributed by atoms with Gasteiger partial charge in [0.1, 0.15) is 5.01 Å². The zero-order chi connectivity index (χ0) is 15.3. The van der Waals surface area contributed by atoms with Crippen molar-refractivity contribution in [3.8, 4) is 0 Å². The van der Waals surface area contributed by atoms with E-state index in [1.807, 2.05) is 7.05 Å². The molecule has 112 valence electrons. The minimum Gasteiger partial charge on any atom is -0.476 e. The van der Waals surface area contributed by atoms with E-state index in [0.29, 0.717) is 17.3 Å². The molecule has 2 atom stereocenters. The van der Waals surface area contributed by atoms with Crippen molar-refractivity contribution in [2.24, 2.45) is 5.92 Å². The van der Waals surface area contributed by atoms with Gasteiger partial charge in [0.2, 0.25) is 0 Å². The molecule has 7 heteroatoms. The molecule has 20 heavy (non-hydrogen) atoms. The third-order valence-corrected chi connectivity index (χ3v) is 3.91. The van der Waals surface area contributed by atoms with E-state index in [-0.39, 0.29) is 11.7 Å². The lowest BCUT2D eigenvalue weighted by atomic mass is 9.98. The lowest BCUT2D eigenvalue weighted by Gasteiger charge is -2.24. The van der Waals surface area contributed by atoms with E-state index in [2.05, 4.69) is 24.1 Å². The number of hydrogen-bond donors (Lipinski definition) is 2. The second-order valence-electron chi connectivity index (χ2n) is 4.85. The number of hydrogen-bond acceptors (Lipinski definition) is 6. The van der Waals surface area contributed by atoms with Gasteiger partial charge in [0.25, 0.3) is 0 Å². The minimum absolute atomic E-state index is 0.0206. The van der Waals surface area contributed by atoms with Crippen LogP contribution in [0.1, 0.15) is 48.8 Å². The average Bonchev–Trinajstić information content (AvgIpc) is 2.82. The predicted molar refractivity (Wildman–Crippen MR) is 75.9 cm³/mol. The van der Waals surface area contributed by atoms with Crippen molar-refractivity contribution in [1.29, 1.82) is 0 Å². The number of carboxylic acids is 1. The Kier molecular flexibility index (Phi) is 6.09. The summed E-state index contributed by atoms with van der Waals surface area (Å²) in [7, 11) is 1.85. The van der Waals surface area contributed by atoms with Gasteiger partial charge >= 0.3 is 11.9 Å². The van der Waals surface area contributed by atoms with Crippen LogP contribution in [0.4, 0.5) is 0 Å². The zero-order valence-corrected chi connectivity index (χ0v) is 12.9. The van der Waals surface area contributed by atoms with Gasteiger partial charge in [0.15, 0.2) is 11.8 Å². The Morgan fingerprint density at radius 2 is 2.15 bits per heavy atom. The summed E-state index contributed by atoms with van der Waals surface area (Å²) in [6, 6.07) is 0.150. The van der Waals surface area contributed by atoms with Crippen LogP contribution in [0.15, 0.2) is 5.38 Å². The first-order chi connectivity index (χ1) is 9.35. The second kappa shape index (κ2) is 7.35. The Bertz CT molecular complexity index is 473. The molecule has 6 nitrogen and oxygen atoms in total. The number of carbonyl (C=O) groups is 2. The lowest BCUT2D eigenvalue weighted by molar-refractivity contribution is -0.147. The third kappa shape index (κ3) is 4.57. The molecule has 0 unspecified atom stereocenters. The first-order valence-electron chi connectivity index (χ1n) is 6.38. The smallest absolute Gasteiger partial charge is 0.355 e. The molecule has 1 aromatic heterocycles. The Hall–Kier alpha value is -1.47. The summed E-state index contributed by atoms with van der Waals surface area (Å²) in [4.78, 5) is 26.1. The van der Waals surface area contributed by atoms with Crippen LogP contribution in [0.2, 0.25) is 0 Å². The topological polar surface area (TPSA) is 88.5 Å². The molecule has 1 heterocycles. The summed E-state index contributed by atoms with van der Waals surface area (Å²) in [5.41, 5.74) is -0.0206. The minimum atomic E-state index is -1.08. The van der Waals surface area contributed by atoms with Gasteiger partial charge in [0.05, 0.1) is 0 Å². The van der Waals surface area contributed by atoms with Crippen molar-refractivity contribution >= 4 is 23.3 Å². The van der Waals surface area contributed by atoms with Gasteiger partial charge in [0, 0.05) is 24.8 Å². The predicted octanol–water partition coefficient (Wildman–Crippen LogP) is 2.08. The van der Waals surface area contributed by atoms with Gasteiger partial charge in [-0.1, -0.05) is 13.8 Å². The van der Waals surface area contributed by atoms with Crippen LogP contribution in [0.25, 0.3) is 0 Å². The number of aromatic carboxylic acids is 1. The van der Waals surface area contributed by atoms with E-state index in [1.165, 1.54) is 23.6 Å². The number of aromatic nitrogens is 1. The fourth-order valence-electron chi connectivity index (χ4n) is 1.89. The number of esters is 1. The highest BCUT2D eigenvalue weighted by Gasteiger charge is 2.25. The van der Waals surface area contributed by atoms with Gasteiger partial charge in [-0.15, -0.1) is 11.3 Å². The first kappa shape index (κ1) is 16.6. The van der Waals surface area contributed by atoms with Crippen molar-refractivity contribution < 1.29 is 19.4 Å². The third-order valence-electron chi connectivity index (χ3n) is 2.97. The fourth-order valence-corrected chi connectivity index (χ4v) is 2.72. The lowest BCUT2D eigenvalue weighted by Crippen LogP contribution is -2.33. The maximum Gasteiger partial charge on any atom is 0.355 e. The Morgan fingerprint density at radius 3 is 2.55 bits per heavy atom. The highest BCUT2D eigenvalue weighted by Crippen LogP contribution is 2.28. The van der Waals surface area contributed by atoms with Crippen LogP contribution < -0.4 is 5.32 Å². The highest BCUT2D eigenvalue weighted by atomic mass is 32.1. The zero-order valence-electron chi connectivity index (χ0n) is 12.0. The van der Waals surface area contributed by atoms with Crippen LogP contribution >= 0.6 is 11.3 Å². The van der Waals surface area contributed by atoms with Gasteiger partial charge in [-0.3, -0.25) is 4.79 Å². The van der Waals surface area contributed by atoms with Crippen LogP contribution in [0, 0.1) is 5.92 Å². The summed E-state index contributed by atoms with van der Waals surface area (Å²) in [6.07, 6.45) is 0.0331. The van der Waals surface area contributed by atoms with Crippen molar-refractivity contribution in [3.05, 3.63) is 16.1 Å². The molecule has 0 radical (unpaired) electrons. The second-order valence-corrected chi connectivity index (χ2v) is 5.74. The molecule has 1 aromatic rings. The molecule has 0 aliphatic carbocycles. The molecule has 0 bridgehead atoms. The number of carboxylic acid groups (broad SMARTS) is 1. The summed E-state index contributed by atoms with van der Waals surface area (Å²) in [5, 5.41) is 14.0. The molecular formula is C13H20N2O4S. The monoisotopic (exact) mass is 300 g/mol. The SMILES string of the molecule is CN[C@H](C[C@@H](OC(C)=O)c1nc(C(=O)O)cs1)C(C)C. The number of carbonyl (C=O) groups excluding carboxylic acids is 1. The van der Waals surface area contributed by atoms with E-state index in [1.54, 1.807) is 0 Å². The Balaban J connectivity index is 2.92. The van der Waals surface area contributed by atoms with E-state index in [0.717, 1.165) is 0 Å². The van der Waals surface area contributed by atoms with Crippen molar-refractivity contribution in [2.75, 3.05) is 7.05 Å². The van der Waals surface area contributed by atoms with Gasteiger partial charge < -0.3 is 15.2 Å². The van der Waals surface area contributed by atoms with Gasteiger partial charge in [-0.2, -0.15) is 0 Å². The largest absolute Gasteiger partial charge is 0.476 e. The molecule has 1 rings (SSSR count). The number of nitrogens with zero attached hydrogens (tertiary/aromatic N) is 1. The average molecular weight is 300 g/mol. The van der Waals surface area contributed by atoms with Crippen LogP contribution in [0.5, 0.6) is 0 Å². The highest BCUT2D eigenvalue weighted by molar-refractivity contribution is 7.09. The maximum atomic E-state index is 11.2. The van der Waals surface area contributed by atoms with Crippen molar-refractivity contribution in [1.82, 2.24) is 10.3 Å². The van der Waals surface area contributed by atoms with Crippen LogP contribution in [-0.2, 0) is 9.53 Å². The molecule has 0 aromatic carbocycles. The van der Waals surface area contributed by atoms with E-state index in [4.69, 9.17) is 9.84 Å². The van der Waals surface area contributed by atoms with Gasteiger partial charge in [-0.05, 0) is 13.0 Å². The molecule has 0 saturated carbocycles. The fraction of sp³-hybridized carbons (Fsp3) is 0.615. The normalized spacial score (nSPS) is 14.1.